The molecule has 0 saturated heterocycles. The highest BCUT2D eigenvalue weighted by Crippen LogP contribution is 2.26. The minimum atomic E-state index is -3.69. The van der Waals surface area contributed by atoms with Crippen LogP contribution in [0.3, 0.4) is 0 Å². The first-order valence-corrected chi connectivity index (χ1v) is 10.6. The summed E-state index contributed by atoms with van der Waals surface area (Å²) in [6, 6.07) is 6.08. The van der Waals surface area contributed by atoms with E-state index in [4.69, 9.17) is 16.3 Å². The number of halogens is 1. The van der Waals surface area contributed by atoms with E-state index in [1.165, 1.54) is 25.3 Å². The molecule has 11 heteroatoms. The number of aryl methyl sites for hydroxylation is 2. The number of imidazole rings is 1. The second-order valence-corrected chi connectivity index (χ2v) is 8.30. The third-order valence-corrected chi connectivity index (χ3v) is 5.81. The minimum Gasteiger partial charge on any atom is -0.495 e. The number of methoxy groups -OCH3 is 1. The Morgan fingerprint density at radius 2 is 1.97 bits per heavy atom. The van der Waals surface area contributed by atoms with E-state index >= 15 is 0 Å². The molecule has 0 amide bonds. The van der Waals surface area contributed by atoms with Crippen LogP contribution in [-0.4, -0.2) is 48.1 Å². The summed E-state index contributed by atoms with van der Waals surface area (Å²) in [6.07, 6.45) is 3.51. The molecule has 0 radical (unpaired) electrons. The van der Waals surface area contributed by atoms with Crippen molar-refractivity contribution in [2.24, 2.45) is 0 Å². The van der Waals surface area contributed by atoms with Gasteiger partial charge in [-0.2, -0.15) is 0 Å². The number of sulfonamides is 1. The second kappa shape index (κ2) is 8.76. The fourth-order valence-electron chi connectivity index (χ4n) is 2.66. The van der Waals surface area contributed by atoms with E-state index < -0.39 is 10.0 Å². The van der Waals surface area contributed by atoms with Crippen LogP contribution >= 0.6 is 11.6 Å². The number of benzene rings is 1. The molecule has 154 valence electrons. The Hall–Kier alpha value is -2.69. The van der Waals surface area contributed by atoms with E-state index in [-0.39, 0.29) is 16.5 Å². The van der Waals surface area contributed by atoms with Crippen LogP contribution in [0.15, 0.2) is 41.6 Å². The molecule has 0 bridgehead atoms. The Kier molecular flexibility index (Phi) is 6.36. The van der Waals surface area contributed by atoms with Gasteiger partial charge in [0.1, 0.15) is 29.0 Å². The van der Waals surface area contributed by atoms with E-state index in [1.807, 2.05) is 17.7 Å². The van der Waals surface area contributed by atoms with Crippen molar-refractivity contribution in [2.45, 2.75) is 18.7 Å². The lowest BCUT2D eigenvalue weighted by atomic mass is 10.3. The van der Waals surface area contributed by atoms with E-state index in [0.29, 0.717) is 29.8 Å². The van der Waals surface area contributed by atoms with Crippen molar-refractivity contribution in [3.8, 4) is 11.6 Å². The van der Waals surface area contributed by atoms with Gasteiger partial charge < -0.3 is 10.1 Å². The summed E-state index contributed by atoms with van der Waals surface area (Å²) in [4.78, 5) is 13.0. The normalized spacial score (nSPS) is 11.4. The van der Waals surface area contributed by atoms with Crippen molar-refractivity contribution in [1.82, 2.24) is 24.2 Å². The predicted molar refractivity (Wildman–Crippen MR) is 110 cm³/mol. The molecule has 2 N–H and O–H groups in total. The molecule has 0 unspecified atom stereocenters. The van der Waals surface area contributed by atoms with Crippen LogP contribution in [0.1, 0.15) is 11.6 Å². The molecule has 2 heterocycles. The number of nitrogens with one attached hydrogen (secondary N) is 2. The lowest BCUT2D eigenvalue weighted by Crippen LogP contribution is -2.29. The number of hydrogen-bond donors (Lipinski definition) is 2. The van der Waals surface area contributed by atoms with E-state index in [9.17, 15) is 8.42 Å². The Labute approximate surface area is 174 Å². The number of nitrogens with zero attached hydrogens (tertiary/aromatic N) is 4. The quantitative estimate of drug-likeness (QED) is 0.521. The Bertz CT molecular complexity index is 1120. The van der Waals surface area contributed by atoms with Crippen LogP contribution in [0, 0.1) is 13.8 Å². The summed E-state index contributed by atoms with van der Waals surface area (Å²) < 4.78 is 34.3. The molecule has 29 heavy (non-hydrogen) atoms. The Morgan fingerprint density at radius 1 is 1.17 bits per heavy atom. The lowest BCUT2D eigenvalue weighted by Gasteiger charge is -2.11. The second-order valence-electron chi connectivity index (χ2n) is 6.12. The summed E-state index contributed by atoms with van der Waals surface area (Å²) in [6.45, 7) is 4.16. The monoisotopic (exact) mass is 436 g/mol. The maximum atomic E-state index is 12.4. The molecule has 0 spiro atoms. The smallest absolute Gasteiger partial charge is 0.240 e. The molecule has 0 fully saturated rings. The van der Waals surface area contributed by atoms with Gasteiger partial charge in [-0.15, -0.1) is 0 Å². The molecule has 2 aromatic heterocycles. The summed E-state index contributed by atoms with van der Waals surface area (Å²) in [5, 5.41) is 3.33. The van der Waals surface area contributed by atoms with Crippen molar-refractivity contribution in [3.05, 3.63) is 53.3 Å². The average molecular weight is 437 g/mol. The molecule has 0 aliphatic rings. The highest BCUT2D eigenvalue weighted by atomic mass is 35.5. The number of rotatable bonds is 8. The maximum Gasteiger partial charge on any atom is 0.240 e. The highest BCUT2D eigenvalue weighted by molar-refractivity contribution is 7.89. The highest BCUT2D eigenvalue weighted by Gasteiger charge is 2.15. The van der Waals surface area contributed by atoms with Gasteiger partial charge in [0.05, 0.1) is 17.0 Å². The number of aromatic nitrogens is 4. The van der Waals surface area contributed by atoms with Crippen LogP contribution in [0.5, 0.6) is 5.75 Å². The van der Waals surface area contributed by atoms with Crippen LogP contribution in [0.25, 0.3) is 5.82 Å². The van der Waals surface area contributed by atoms with Crippen LogP contribution in [-0.2, 0) is 10.0 Å². The summed E-state index contributed by atoms with van der Waals surface area (Å²) in [7, 11) is -2.23. The number of hydrogen-bond acceptors (Lipinski definition) is 7. The van der Waals surface area contributed by atoms with Gasteiger partial charge in [0, 0.05) is 31.5 Å². The van der Waals surface area contributed by atoms with Gasteiger partial charge >= 0.3 is 0 Å². The van der Waals surface area contributed by atoms with E-state index in [2.05, 4.69) is 25.0 Å². The molecular formula is C18H21ClN6O3S. The minimum absolute atomic E-state index is 0.0686. The first-order chi connectivity index (χ1) is 13.8. The first-order valence-electron chi connectivity index (χ1n) is 8.73. The topological polar surface area (TPSA) is 111 Å². The van der Waals surface area contributed by atoms with Gasteiger partial charge in [-0.3, -0.25) is 4.57 Å². The zero-order valence-corrected chi connectivity index (χ0v) is 17.8. The molecule has 0 aliphatic carbocycles. The molecule has 1 aromatic carbocycles. The SMILES string of the molecule is COc1ccc(S(=O)(=O)NCCNc2cc(-n3ccnc3C)nc(C)n2)cc1Cl. The molecule has 0 saturated carbocycles. The van der Waals surface area contributed by atoms with Gasteiger partial charge in [0.15, 0.2) is 0 Å². The van der Waals surface area contributed by atoms with Crippen LogP contribution in [0.4, 0.5) is 5.82 Å². The summed E-state index contributed by atoms with van der Waals surface area (Å²) >= 11 is 6.01. The molecule has 3 aromatic rings. The summed E-state index contributed by atoms with van der Waals surface area (Å²) in [5.74, 6) is 3.08. The van der Waals surface area contributed by atoms with Crippen molar-refractivity contribution in [1.29, 1.82) is 0 Å². The number of anilines is 1. The zero-order valence-electron chi connectivity index (χ0n) is 16.2. The predicted octanol–water partition coefficient (Wildman–Crippen LogP) is 2.33. The van der Waals surface area contributed by atoms with Crippen molar-refractivity contribution in [3.63, 3.8) is 0 Å². The molecule has 9 nitrogen and oxygen atoms in total. The van der Waals surface area contributed by atoms with Crippen LogP contribution < -0.4 is 14.8 Å². The van der Waals surface area contributed by atoms with E-state index in [1.54, 1.807) is 19.2 Å². The van der Waals surface area contributed by atoms with Crippen molar-refractivity contribution >= 4 is 27.4 Å². The van der Waals surface area contributed by atoms with E-state index in [0.717, 1.165) is 5.82 Å². The van der Waals surface area contributed by atoms with Gasteiger partial charge in [-0.1, -0.05) is 11.6 Å². The Morgan fingerprint density at radius 3 is 2.62 bits per heavy atom. The largest absolute Gasteiger partial charge is 0.495 e. The molecule has 3 rings (SSSR count). The first kappa shape index (κ1) is 21.0. The van der Waals surface area contributed by atoms with Gasteiger partial charge in [0.2, 0.25) is 10.0 Å². The number of ether oxygens (including phenoxy) is 1. The molecule has 0 aliphatic heterocycles. The standard InChI is InChI=1S/C18H21ClN6O3S/c1-12-23-17(11-18(24-12)25-9-8-20-13(25)2)21-6-7-22-29(26,27)14-4-5-16(28-3)15(19)10-14/h4-5,8-11,22H,6-7H2,1-3H3,(H,21,23,24). The third kappa shape index (κ3) is 5.03. The van der Waals surface area contributed by atoms with Gasteiger partial charge in [0.25, 0.3) is 0 Å². The Balaban J connectivity index is 1.62. The van der Waals surface area contributed by atoms with Crippen molar-refractivity contribution in [2.75, 3.05) is 25.5 Å². The van der Waals surface area contributed by atoms with Crippen molar-refractivity contribution < 1.29 is 13.2 Å². The molecular weight excluding hydrogens is 416 g/mol. The van der Waals surface area contributed by atoms with Gasteiger partial charge in [-0.05, 0) is 32.0 Å². The molecule has 0 atom stereocenters. The van der Waals surface area contributed by atoms with Crippen LogP contribution in [0.2, 0.25) is 5.02 Å². The van der Waals surface area contributed by atoms with Gasteiger partial charge in [-0.25, -0.2) is 28.1 Å². The fraction of sp³-hybridized carbons (Fsp3) is 0.278. The zero-order chi connectivity index (χ0) is 21.0. The fourth-order valence-corrected chi connectivity index (χ4v) is 4.04. The lowest BCUT2D eigenvalue weighted by molar-refractivity contribution is 0.414. The summed E-state index contributed by atoms with van der Waals surface area (Å²) in [5.41, 5.74) is 0. The maximum absolute atomic E-state index is 12.4. The average Bonchev–Trinajstić information content (AvgIpc) is 3.11. The third-order valence-electron chi connectivity index (χ3n) is 4.05.